The molecular formula is C10H7F3N2O3S. The first-order valence-corrected chi connectivity index (χ1v) is 5.92. The topological polar surface area (TPSA) is 72.1 Å². The maximum absolute atomic E-state index is 12.5. The molecule has 0 saturated heterocycles. The van der Waals surface area contributed by atoms with E-state index in [-0.39, 0.29) is 21.8 Å². The van der Waals surface area contributed by atoms with Crippen molar-refractivity contribution in [1.29, 1.82) is 0 Å². The van der Waals surface area contributed by atoms with Gasteiger partial charge in [0, 0.05) is 0 Å². The Labute approximate surface area is 108 Å². The fourth-order valence-electron chi connectivity index (χ4n) is 1.38. The van der Waals surface area contributed by atoms with E-state index in [0.717, 1.165) is 11.3 Å². The highest BCUT2D eigenvalue weighted by atomic mass is 32.1. The van der Waals surface area contributed by atoms with Crippen LogP contribution in [-0.2, 0) is 10.9 Å². The number of carbonyl (C=O) groups is 1. The Morgan fingerprint density at radius 1 is 1.53 bits per heavy atom. The number of alkyl halides is 3. The van der Waals surface area contributed by atoms with E-state index in [1.807, 2.05) is 4.98 Å². The summed E-state index contributed by atoms with van der Waals surface area (Å²) in [6.45, 7) is 1.75. The van der Waals surface area contributed by atoms with Crippen molar-refractivity contribution >= 4 is 27.7 Å². The number of nitrogens with zero attached hydrogens (tertiary/aromatic N) is 1. The molecule has 2 aromatic rings. The van der Waals surface area contributed by atoms with Crippen LogP contribution in [-0.4, -0.2) is 22.5 Å². The SMILES string of the molecule is CCOC(=O)c1cc2[nH]c(=O)c(C(F)(F)F)nc2s1. The highest BCUT2D eigenvalue weighted by Crippen LogP contribution is 2.28. The molecule has 0 fully saturated rings. The van der Waals surface area contributed by atoms with Crippen LogP contribution in [0.15, 0.2) is 10.9 Å². The molecule has 0 aromatic carbocycles. The van der Waals surface area contributed by atoms with Crippen molar-refractivity contribution in [2.75, 3.05) is 6.61 Å². The molecule has 0 aliphatic heterocycles. The third kappa shape index (κ3) is 2.60. The van der Waals surface area contributed by atoms with Crippen molar-refractivity contribution in [2.24, 2.45) is 0 Å². The van der Waals surface area contributed by atoms with Crippen LogP contribution in [0.25, 0.3) is 10.3 Å². The number of ether oxygens (including phenoxy) is 1. The molecule has 0 atom stereocenters. The molecule has 0 radical (unpaired) electrons. The summed E-state index contributed by atoms with van der Waals surface area (Å²) in [7, 11) is 0. The minimum atomic E-state index is -4.84. The third-order valence-corrected chi connectivity index (χ3v) is 3.14. The monoisotopic (exact) mass is 292 g/mol. The molecule has 1 N–H and O–H groups in total. The summed E-state index contributed by atoms with van der Waals surface area (Å²) in [6.07, 6.45) is -4.84. The molecule has 5 nitrogen and oxygen atoms in total. The van der Waals surface area contributed by atoms with Gasteiger partial charge in [-0.1, -0.05) is 0 Å². The number of H-pyrrole nitrogens is 1. The van der Waals surface area contributed by atoms with Gasteiger partial charge in [-0.15, -0.1) is 11.3 Å². The predicted molar refractivity (Wildman–Crippen MR) is 61.2 cm³/mol. The number of thiophene rings is 1. The van der Waals surface area contributed by atoms with E-state index in [9.17, 15) is 22.8 Å². The minimum absolute atomic E-state index is 0.0741. The molecule has 2 aromatic heterocycles. The van der Waals surface area contributed by atoms with Gasteiger partial charge in [-0.2, -0.15) is 13.2 Å². The fourth-order valence-corrected chi connectivity index (χ4v) is 2.27. The Hall–Kier alpha value is -1.90. The first-order chi connectivity index (χ1) is 8.82. The predicted octanol–water partition coefficient (Wildman–Crippen LogP) is 2.18. The van der Waals surface area contributed by atoms with Crippen molar-refractivity contribution in [1.82, 2.24) is 9.97 Å². The van der Waals surface area contributed by atoms with Crippen molar-refractivity contribution in [2.45, 2.75) is 13.1 Å². The molecule has 2 rings (SSSR count). The van der Waals surface area contributed by atoms with Crippen LogP contribution < -0.4 is 5.56 Å². The normalized spacial score (nSPS) is 11.8. The molecule has 0 amide bonds. The zero-order chi connectivity index (χ0) is 14.2. The lowest BCUT2D eigenvalue weighted by Crippen LogP contribution is -2.23. The van der Waals surface area contributed by atoms with Crippen LogP contribution >= 0.6 is 11.3 Å². The molecule has 0 unspecified atom stereocenters. The second kappa shape index (κ2) is 4.65. The Kier molecular flexibility index (Phi) is 3.31. The Morgan fingerprint density at radius 2 is 2.21 bits per heavy atom. The zero-order valence-electron chi connectivity index (χ0n) is 9.50. The first kappa shape index (κ1) is 13.5. The number of hydrogen-bond donors (Lipinski definition) is 1. The first-order valence-electron chi connectivity index (χ1n) is 5.11. The number of fused-ring (bicyclic) bond motifs is 1. The standard InChI is InChI=1S/C10H7F3N2O3S/c1-2-18-9(17)5-3-4-8(19-5)15-6(7(16)14-4)10(11,12)13/h3H,2H2,1H3,(H,14,16). The maximum atomic E-state index is 12.5. The van der Waals surface area contributed by atoms with Gasteiger partial charge in [0.2, 0.25) is 5.69 Å². The van der Waals surface area contributed by atoms with Gasteiger partial charge in [0.05, 0.1) is 12.1 Å². The van der Waals surface area contributed by atoms with Crippen molar-refractivity contribution in [3.05, 3.63) is 27.0 Å². The number of aromatic amines is 1. The van der Waals surface area contributed by atoms with Gasteiger partial charge in [0.25, 0.3) is 5.56 Å². The summed E-state index contributed by atoms with van der Waals surface area (Å²) >= 11 is 0.729. The van der Waals surface area contributed by atoms with Crippen molar-refractivity contribution in [3.8, 4) is 0 Å². The zero-order valence-corrected chi connectivity index (χ0v) is 10.3. The van der Waals surface area contributed by atoms with E-state index in [0.29, 0.717) is 0 Å². The Morgan fingerprint density at radius 3 is 2.79 bits per heavy atom. The third-order valence-electron chi connectivity index (χ3n) is 2.13. The number of rotatable bonds is 2. The van der Waals surface area contributed by atoms with Gasteiger partial charge in [-0.05, 0) is 13.0 Å². The van der Waals surface area contributed by atoms with Gasteiger partial charge in [-0.25, -0.2) is 9.78 Å². The summed E-state index contributed by atoms with van der Waals surface area (Å²) < 4.78 is 42.2. The van der Waals surface area contributed by atoms with E-state index in [2.05, 4.69) is 4.98 Å². The van der Waals surface area contributed by atoms with Crippen molar-refractivity contribution in [3.63, 3.8) is 0 Å². The average Bonchev–Trinajstić information content (AvgIpc) is 2.69. The van der Waals surface area contributed by atoms with Gasteiger partial charge < -0.3 is 9.72 Å². The summed E-state index contributed by atoms with van der Waals surface area (Å²) in [5.74, 6) is -0.667. The average molecular weight is 292 g/mol. The summed E-state index contributed by atoms with van der Waals surface area (Å²) in [4.78, 5) is 28.0. The molecule has 0 aliphatic rings. The molecule has 0 aliphatic carbocycles. The minimum Gasteiger partial charge on any atom is -0.462 e. The summed E-state index contributed by atoms with van der Waals surface area (Å²) in [5.41, 5.74) is -2.79. The quantitative estimate of drug-likeness (QED) is 0.861. The molecule has 9 heteroatoms. The highest BCUT2D eigenvalue weighted by Gasteiger charge is 2.36. The van der Waals surface area contributed by atoms with E-state index in [1.165, 1.54) is 6.07 Å². The number of nitrogens with one attached hydrogen (secondary N) is 1. The summed E-state index contributed by atoms with van der Waals surface area (Å²) in [5, 5.41) is 0. The van der Waals surface area contributed by atoms with E-state index in [4.69, 9.17) is 4.74 Å². The van der Waals surface area contributed by atoms with E-state index >= 15 is 0 Å². The molecule has 19 heavy (non-hydrogen) atoms. The molecular weight excluding hydrogens is 285 g/mol. The lowest BCUT2D eigenvalue weighted by molar-refractivity contribution is -0.142. The number of aromatic nitrogens is 2. The van der Waals surface area contributed by atoms with Gasteiger partial charge in [0.15, 0.2) is 0 Å². The van der Waals surface area contributed by atoms with Crippen LogP contribution in [0, 0.1) is 0 Å². The summed E-state index contributed by atoms with van der Waals surface area (Å²) in [6, 6.07) is 1.24. The maximum Gasteiger partial charge on any atom is 0.438 e. The number of halogens is 3. The molecule has 0 saturated carbocycles. The largest absolute Gasteiger partial charge is 0.462 e. The number of esters is 1. The second-order valence-electron chi connectivity index (χ2n) is 3.46. The van der Waals surface area contributed by atoms with Crippen molar-refractivity contribution < 1.29 is 22.7 Å². The fraction of sp³-hybridized carbons (Fsp3) is 0.300. The van der Waals surface area contributed by atoms with E-state index in [1.54, 1.807) is 6.92 Å². The van der Waals surface area contributed by atoms with Crippen LogP contribution in [0.1, 0.15) is 22.3 Å². The molecule has 102 valence electrons. The van der Waals surface area contributed by atoms with Crippen LogP contribution in [0.5, 0.6) is 0 Å². The van der Waals surface area contributed by atoms with Gasteiger partial charge in [0.1, 0.15) is 9.71 Å². The lowest BCUT2D eigenvalue weighted by atomic mass is 10.4. The van der Waals surface area contributed by atoms with Crippen LogP contribution in [0.4, 0.5) is 13.2 Å². The lowest BCUT2D eigenvalue weighted by Gasteiger charge is -2.03. The molecule has 0 spiro atoms. The smallest absolute Gasteiger partial charge is 0.438 e. The van der Waals surface area contributed by atoms with Gasteiger partial charge >= 0.3 is 12.1 Å². The van der Waals surface area contributed by atoms with Gasteiger partial charge in [-0.3, -0.25) is 4.79 Å². The van der Waals surface area contributed by atoms with Crippen LogP contribution in [0.3, 0.4) is 0 Å². The second-order valence-corrected chi connectivity index (χ2v) is 4.49. The number of carbonyl (C=O) groups excluding carboxylic acids is 1. The Balaban J connectivity index is 2.56. The molecule has 2 heterocycles. The highest BCUT2D eigenvalue weighted by molar-refractivity contribution is 7.20. The molecule has 0 bridgehead atoms. The van der Waals surface area contributed by atoms with Crippen LogP contribution in [0.2, 0.25) is 0 Å². The van der Waals surface area contributed by atoms with E-state index < -0.39 is 23.4 Å². The number of hydrogen-bond acceptors (Lipinski definition) is 5. The Bertz CT molecular complexity index is 689.